The summed E-state index contributed by atoms with van der Waals surface area (Å²) in [5.74, 6) is 0.578. The highest BCUT2D eigenvalue weighted by Gasteiger charge is 2.17. The number of ether oxygens (including phenoxy) is 2. The number of hydrogen-bond acceptors (Lipinski definition) is 5. The Labute approximate surface area is 171 Å². The number of rotatable bonds is 5. The lowest BCUT2D eigenvalue weighted by Gasteiger charge is -2.34. The molecule has 0 aliphatic carbocycles. The van der Waals surface area contributed by atoms with Gasteiger partial charge in [-0.15, -0.1) is 0 Å². The van der Waals surface area contributed by atoms with E-state index in [9.17, 15) is 4.79 Å². The molecule has 1 heterocycles. The van der Waals surface area contributed by atoms with Crippen LogP contribution in [0.2, 0.25) is 5.02 Å². The molecule has 6 nitrogen and oxygen atoms in total. The molecule has 1 aliphatic heterocycles. The second kappa shape index (κ2) is 8.71. The molecule has 0 radical (unpaired) electrons. The fourth-order valence-electron chi connectivity index (χ4n) is 3.29. The maximum Gasteiger partial charge on any atom is 0.255 e. The van der Waals surface area contributed by atoms with Crippen LogP contribution in [0.3, 0.4) is 0 Å². The molecule has 1 fully saturated rings. The molecular formula is C21H26ClN3O3. The van der Waals surface area contributed by atoms with Crippen molar-refractivity contribution in [2.45, 2.75) is 6.92 Å². The first-order chi connectivity index (χ1) is 13.4. The molecule has 0 aromatic heterocycles. The summed E-state index contributed by atoms with van der Waals surface area (Å²) in [7, 11) is 5.16. The van der Waals surface area contributed by atoms with Gasteiger partial charge in [-0.05, 0) is 49.9 Å². The Balaban J connectivity index is 1.76. The fraction of sp³-hybridized carbons (Fsp3) is 0.381. The molecular weight excluding hydrogens is 378 g/mol. The lowest BCUT2D eigenvalue weighted by Crippen LogP contribution is -2.44. The molecule has 7 heteroatoms. The Bertz CT molecular complexity index is 864. The zero-order valence-corrected chi connectivity index (χ0v) is 17.5. The van der Waals surface area contributed by atoms with Crippen molar-refractivity contribution in [2.24, 2.45) is 0 Å². The first kappa shape index (κ1) is 20.3. The Kier molecular flexibility index (Phi) is 6.31. The number of nitrogens with zero attached hydrogens (tertiary/aromatic N) is 2. The number of carbonyl (C=O) groups excluding carboxylic acids is 1. The van der Waals surface area contributed by atoms with Crippen molar-refractivity contribution in [3.05, 3.63) is 46.5 Å². The van der Waals surface area contributed by atoms with Gasteiger partial charge in [0.05, 0.1) is 19.2 Å². The molecule has 0 saturated carbocycles. The number of hydrogen-bond donors (Lipinski definition) is 1. The normalized spacial score (nSPS) is 14.7. The first-order valence-corrected chi connectivity index (χ1v) is 9.57. The summed E-state index contributed by atoms with van der Waals surface area (Å²) in [5.41, 5.74) is 3.37. The van der Waals surface area contributed by atoms with Gasteiger partial charge in [0.1, 0.15) is 0 Å². The van der Waals surface area contributed by atoms with Crippen LogP contribution in [-0.4, -0.2) is 58.3 Å². The minimum Gasteiger partial charge on any atom is -0.493 e. The Morgan fingerprint density at radius 2 is 1.79 bits per heavy atom. The highest BCUT2D eigenvalue weighted by Crippen LogP contribution is 2.36. The van der Waals surface area contributed by atoms with Crippen LogP contribution in [0.1, 0.15) is 15.9 Å². The third-order valence-corrected chi connectivity index (χ3v) is 5.30. The van der Waals surface area contributed by atoms with E-state index in [0.717, 1.165) is 37.4 Å². The van der Waals surface area contributed by atoms with Gasteiger partial charge in [-0.25, -0.2) is 0 Å². The number of carbonyl (C=O) groups is 1. The maximum absolute atomic E-state index is 12.7. The van der Waals surface area contributed by atoms with E-state index in [1.54, 1.807) is 12.1 Å². The number of likely N-dealkylation sites (N-methyl/N-ethyl adjacent to an activating group) is 1. The summed E-state index contributed by atoms with van der Waals surface area (Å²) < 4.78 is 10.5. The fourth-order valence-corrected chi connectivity index (χ4v) is 3.58. The highest BCUT2D eigenvalue weighted by atomic mass is 35.5. The van der Waals surface area contributed by atoms with Crippen LogP contribution < -0.4 is 19.7 Å². The molecule has 0 unspecified atom stereocenters. The summed E-state index contributed by atoms with van der Waals surface area (Å²) in [6, 6.07) is 9.31. The van der Waals surface area contributed by atoms with Gasteiger partial charge in [-0.2, -0.15) is 0 Å². The monoisotopic (exact) mass is 403 g/mol. The molecule has 1 saturated heterocycles. The molecule has 2 aromatic carbocycles. The van der Waals surface area contributed by atoms with Gasteiger partial charge in [0.15, 0.2) is 11.5 Å². The zero-order chi connectivity index (χ0) is 20.3. The van der Waals surface area contributed by atoms with E-state index in [-0.39, 0.29) is 5.91 Å². The average molecular weight is 404 g/mol. The van der Waals surface area contributed by atoms with Crippen molar-refractivity contribution in [3.8, 4) is 11.5 Å². The molecule has 28 heavy (non-hydrogen) atoms. The number of benzene rings is 2. The number of methoxy groups -OCH3 is 2. The van der Waals surface area contributed by atoms with E-state index in [4.69, 9.17) is 21.1 Å². The second-order valence-electron chi connectivity index (χ2n) is 6.94. The van der Waals surface area contributed by atoms with Crippen molar-refractivity contribution in [1.82, 2.24) is 4.90 Å². The zero-order valence-electron chi connectivity index (χ0n) is 16.7. The van der Waals surface area contributed by atoms with Gasteiger partial charge < -0.3 is 24.6 Å². The van der Waals surface area contributed by atoms with Crippen LogP contribution in [-0.2, 0) is 0 Å². The number of aryl methyl sites for hydroxylation is 1. The van der Waals surface area contributed by atoms with Crippen LogP contribution in [0.5, 0.6) is 11.5 Å². The van der Waals surface area contributed by atoms with Gasteiger partial charge in [-0.1, -0.05) is 11.6 Å². The lowest BCUT2D eigenvalue weighted by atomic mass is 10.1. The van der Waals surface area contributed by atoms with Crippen molar-refractivity contribution >= 4 is 28.9 Å². The molecule has 1 aliphatic rings. The Hall–Kier alpha value is -2.44. The van der Waals surface area contributed by atoms with Gasteiger partial charge in [0.25, 0.3) is 5.91 Å². The number of amides is 1. The van der Waals surface area contributed by atoms with Crippen LogP contribution in [0, 0.1) is 6.92 Å². The van der Waals surface area contributed by atoms with Gasteiger partial charge in [0, 0.05) is 43.1 Å². The largest absolute Gasteiger partial charge is 0.493 e. The van der Waals surface area contributed by atoms with Crippen molar-refractivity contribution in [1.29, 1.82) is 0 Å². The van der Waals surface area contributed by atoms with E-state index < -0.39 is 0 Å². The third kappa shape index (κ3) is 4.34. The lowest BCUT2D eigenvalue weighted by molar-refractivity contribution is 0.102. The van der Waals surface area contributed by atoms with E-state index in [1.165, 1.54) is 19.9 Å². The Morgan fingerprint density at radius 3 is 2.39 bits per heavy atom. The third-order valence-electron chi connectivity index (χ3n) is 5.02. The summed E-state index contributed by atoms with van der Waals surface area (Å²) in [5, 5.41) is 3.29. The van der Waals surface area contributed by atoms with Crippen LogP contribution in [0.25, 0.3) is 0 Å². The predicted molar refractivity (Wildman–Crippen MR) is 113 cm³/mol. The van der Waals surface area contributed by atoms with Gasteiger partial charge in [-0.3, -0.25) is 4.79 Å². The maximum atomic E-state index is 12.7. The second-order valence-corrected chi connectivity index (χ2v) is 7.34. The minimum absolute atomic E-state index is 0.252. The molecule has 0 spiro atoms. The molecule has 1 amide bonds. The van der Waals surface area contributed by atoms with Crippen LogP contribution >= 0.6 is 11.6 Å². The predicted octanol–water partition coefficient (Wildman–Crippen LogP) is 3.67. The minimum atomic E-state index is -0.252. The highest BCUT2D eigenvalue weighted by molar-refractivity contribution is 6.32. The van der Waals surface area contributed by atoms with Crippen molar-refractivity contribution in [3.63, 3.8) is 0 Å². The number of nitrogens with one attached hydrogen (secondary N) is 1. The topological polar surface area (TPSA) is 54.0 Å². The Morgan fingerprint density at radius 1 is 1.07 bits per heavy atom. The molecule has 2 aromatic rings. The number of anilines is 2. The smallest absolute Gasteiger partial charge is 0.255 e. The standard InChI is InChI=1S/C21H26ClN3O3/c1-14-11-16(25-9-7-24(2)8-10-25)5-6-18(14)23-21(26)15-12-17(22)20(28-4)19(13-15)27-3/h5-6,11-13H,7-10H2,1-4H3,(H,23,26). The quantitative estimate of drug-likeness (QED) is 0.825. The number of piperazine rings is 1. The average Bonchev–Trinajstić information content (AvgIpc) is 2.69. The summed E-state index contributed by atoms with van der Waals surface area (Å²) >= 11 is 6.21. The molecule has 1 N–H and O–H groups in total. The summed E-state index contributed by atoms with van der Waals surface area (Å²) in [6.07, 6.45) is 0. The molecule has 0 bridgehead atoms. The summed E-state index contributed by atoms with van der Waals surface area (Å²) in [6.45, 7) is 6.11. The van der Waals surface area contributed by atoms with Crippen molar-refractivity contribution in [2.75, 3.05) is 57.7 Å². The first-order valence-electron chi connectivity index (χ1n) is 9.20. The van der Waals surface area contributed by atoms with E-state index in [0.29, 0.717) is 22.1 Å². The van der Waals surface area contributed by atoms with E-state index in [1.807, 2.05) is 13.0 Å². The van der Waals surface area contributed by atoms with Crippen LogP contribution in [0.4, 0.5) is 11.4 Å². The van der Waals surface area contributed by atoms with Gasteiger partial charge >= 0.3 is 0 Å². The molecule has 3 rings (SSSR count). The van der Waals surface area contributed by atoms with E-state index >= 15 is 0 Å². The SMILES string of the molecule is COc1cc(C(=O)Nc2ccc(N3CCN(C)CC3)cc2C)cc(Cl)c1OC. The molecule has 0 atom stereocenters. The number of halogens is 1. The summed E-state index contributed by atoms with van der Waals surface area (Å²) in [4.78, 5) is 17.4. The van der Waals surface area contributed by atoms with Gasteiger partial charge in [0.2, 0.25) is 0 Å². The van der Waals surface area contributed by atoms with E-state index in [2.05, 4.69) is 34.3 Å². The van der Waals surface area contributed by atoms with Crippen molar-refractivity contribution < 1.29 is 14.3 Å². The molecule has 150 valence electrons. The van der Waals surface area contributed by atoms with Crippen LogP contribution in [0.15, 0.2) is 30.3 Å².